The molecule has 0 spiro atoms. The maximum atomic E-state index is 12.4. The fourth-order valence-corrected chi connectivity index (χ4v) is 4.28. The van der Waals surface area contributed by atoms with E-state index >= 15 is 0 Å². The Morgan fingerprint density at radius 3 is 2.62 bits per heavy atom. The SMILES string of the molecule is CN(C(=O)N1CC(=O)NCC1C(=O)O)C1CCS(=O)(=O)C1. The van der Waals surface area contributed by atoms with Crippen molar-refractivity contribution in [2.45, 2.75) is 18.5 Å². The quantitative estimate of drug-likeness (QED) is 0.613. The molecule has 2 atom stereocenters. The van der Waals surface area contributed by atoms with Crippen LogP contribution in [0.15, 0.2) is 0 Å². The lowest BCUT2D eigenvalue weighted by molar-refractivity contribution is -0.144. The normalized spacial score (nSPS) is 28.0. The van der Waals surface area contributed by atoms with Gasteiger partial charge in [-0.05, 0) is 6.42 Å². The number of sulfone groups is 1. The number of hydrogen-bond acceptors (Lipinski definition) is 5. The summed E-state index contributed by atoms with van der Waals surface area (Å²) in [6, 6.07) is -2.27. The van der Waals surface area contributed by atoms with E-state index in [-0.39, 0.29) is 24.6 Å². The van der Waals surface area contributed by atoms with Crippen LogP contribution in [-0.4, -0.2) is 85.0 Å². The number of nitrogens with one attached hydrogen (secondary N) is 1. The van der Waals surface area contributed by atoms with E-state index < -0.39 is 39.8 Å². The first-order valence-corrected chi connectivity index (χ1v) is 8.27. The fourth-order valence-electron chi connectivity index (χ4n) is 2.50. The number of carbonyl (C=O) groups is 3. The molecule has 118 valence electrons. The minimum absolute atomic E-state index is 0.0120. The smallest absolute Gasteiger partial charge is 0.328 e. The zero-order valence-electron chi connectivity index (χ0n) is 11.5. The summed E-state index contributed by atoms with van der Waals surface area (Å²) in [4.78, 5) is 37.1. The second-order valence-electron chi connectivity index (χ2n) is 5.24. The van der Waals surface area contributed by atoms with Crippen molar-refractivity contribution in [3.63, 3.8) is 0 Å². The highest BCUT2D eigenvalue weighted by molar-refractivity contribution is 7.91. The maximum absolute atomic E-state index is 12.4. The molecule has 2 unspecified atom stereocenters. The summed E-state index contributed by atoms with van der Waals surface area (Å²) in [5.41, 5.74) is 0. The van der Waals surface area contributed by atoms with Gasteiger partial charge < -0.3 is 15.3 Å². The number of amides is 3. The van der Waals surface area contributed by atoms with Gasteiger partial charge in [0.1, 0.15) is 12.6 Å². The van der Waals surface area contributed by atoms with Gasteiger partial charge in [-0.3, -0.25) is 9.69 Å². The molecule has 0 aromatic heterocycles. The lowest BCUT2D eigenvalue weighted by atomic mass is 10.2. The summed E-state index contributed by atoms with van der Waals surface area (Å²) in [6.07, 6.45) is 0.322. The standard InChI is InChI=1S/C11H17N3O6S/c1-13(7-2-3-21(19,20)6-7)11(18)14-5-9(15)12-4-8(14)10(16)17/h7-8H,2-6H2,1H3,(H,12,15)(H,16,17). The molecule has 2 aliphatic heterocycles. The van der Waals surface area contributed by atoms with Crippen LogP contribution in [0.5, 0.6) is 0 Å². The van der Waals surface area contributed by atoms with Crippen LogP contribution in [0.25, 0.3) is 0 Å². The van der Waals surface area contributed by atoms with Crippen LogP contribution in [0.2, 0.25) is 0 Å². The number of carboxylic acids is 1. The van der Waals surface area contributed by atoms with Crippen LogP contribution in [0.4, 0.5) is 4.79 Å². The summed E-state index contributed by atoms with van der Waals surface area (Å²) in [5.74, 6) is -1.77. The molecule has 0 aliphatic carbocycles. The average molecular weight is 319 g/mol. The number of hydrogen-bond donors (Lipinski definition) is 2. The fraction of sp³-hybridized carbons (Fsp3) is 0.727. The van der Waals surface area contributed by atoms with Crippen LogP contribution in [0.3, 0.4) is 0 Å². The zero-order chi connectivity index (χ0) is 15.8. The predicted octanol–water partition coefficient (Wildman–Crippen LogP) is -1.89. The average Bonchev–Trinajstić information content (AvgIpc) is 2.77. The first-order chi connectivity index (χ1) is 9.71. The van der Waals surface area contributed by atoms with Gasteiger partial charge in [0.15, 0.2) is 9.84 Å². The summed E-state index contributed by atoms with van der Waals surface area (Å²) in [6.45, 7) is -0.504. The molecule has 2 saturated heterocycles. The van der Waals surface area contributed by atoms with Gasteiger partial charge in [0.2, 0.25) is 5.91 Å². The summed E-state index contributed by atoms with van der Waals surface area (Å²) in [7, 11) is -1.72. The van der Waals surface area contributed by atoms with E-state index in [1.165, 1.54) is 11.9 Å². The molecular weight excluding hydrogens is 302 g/mol. The second kappa shape index (κ2) is 5.51. The highest BCUT2D eigenvalue weighted by Crippen LogP contribution is 2.19. The number of carbonyl (C=O) groups excluding carboxylic acids is 2. The van der Waals surface area contributed by atoms with E-state index in [0.717, 1.165) is 4.90 Å². The highest BCUT2D eigenvalue weighted by Gasteiger charge is 2.40. The van der Waals surface area contributed by atoms with E-state index in [0.29, 0.717) is 6.42 Å². The Hall–Kier alpha value is -1.84. The largest absolute Gasteiger partial charge is 0.480 e. The summed E-state index contributed by atoms with van der Waals surface area (Å²) < 4.78 is 22.9. The Kier molecular flexibility index (Phi) is 4.08. The lowest BCUT2D eigenvalue weighted by Crippen LogP contribution is -2.62. The van der Waals surface area contributed by atoms with Crippen LogP contribution >= 0.6 is 0 Å². The molecule has 9 nitrogen and oxygen atoms in total. The third kappa shape index (κ3) is 3.26. The van der Waals surface area contributed by atoms with E-state index in [1.54, 1.807) is 0 Å². The van der Waals surface area contributed by atoms with Crippen molar-refractivity contribution in [3.8, 4) is 0 Å². The Labute approximate surface area is 121 Å². The van der Waals surface area contributed by atoms with E-state index in [1.807, 2.05) is 0 Å². The minimum atomic E-state index is -3.15. The third-order valence-electron chi connectivity index (χ3n) is 3.77. The van der Waals surface area contributed by atoms with Gasteiger partial charge in [0, 0.05) is 19.6 Å². The van der Waals surface area contributed by atoms with Gasteiger partial charge in [0.05, 0.1) is 11.5 Å². The van der Waals surface area contributed by atoms with E-state index in [4.69, 9.17) is 5.11 Å². The Morgan fingerprint density at radius 2 is 2.10 bits per heavy atom. The van der Waals surface area contributed by atoms with Gasteiger partial charge in [-0.25, -0.2) is 18.0 Å². The van der Waals surface area contributed by atoms with Crippen LogP contribution in [0, 0.1) is 0 Å². The van der Waals surface area contributed by atoms with Crippen LogP contribution in [0.1, 0.15) is 6.42 Å². The van der Waals surface area contributed by atoms with Crippen molar-refractivity contribution < 1.29 is 27.9 Å². The molecule has 0 bridgehead atoms. The number of nitrogens with zero attached hydrogens (tertiary/aromatic N) is 2. The Bertz CT molecular complexity index is 575. The monoisotopic (exact) mass is 319 g/mol. The first kappa shape index (κ1) is 15.5. The molecule has 2 N–H and O–H groups in total. The zero-order valence-corrected chi connectivity index (χ0v) is 12.3. The topological polar surface area (TPSA) is 124 Å². The van der Waals surface area contributed by atoms with Crippen molar-refractivity contribution in [3.05, 3.63) is 0 Å². The molecule has 2 heterocycles. The third-order valence-corrected chi connectivity index (χ3v) is 5.52. The predicted molar refractivity (Wildman–Crippen MR) is 71.4 cm³/mol. The van der Waals surface area contributed by atoms with Crippen molar-refractivity contribution in [2.24, 2.45) is 0 Å². The molecule has 3 amide bonds. The molecule has 0 aromatic rings. The first-order valence-electron chi connectivity index (χ1n) is 6.44. The molecular formula is C11H17N3O6S. The van der Waals surface area contributed by atoms with Gasteiger partial charge in [0.25, 0.3) is 0 Å². The van der Waals surface area contributed by atoms with Gasteiger partial charge in [-0.15, -0.1) is 0 Å². The van der Waals surface area contributed by atoms with Crippen LogP contribution in [-0.2, 0) is 19.4 Å². The Balaban J connectivity index is 2.13. The molecule has 0 saturated carbocycles. The number of carboxylic acid groups (broad SMARTS) is 1. The van der Waals surface area contributed by atoms with Gasteiger partial charge >= 0.3 is 12.0 Å². The van der Waals surface area contributed by atoms with Crippen molar-refractivity contribution >= 4 is 27.7 Å². The van der Waals surface area contributed by atoms with Crippen LogP contribution < -0.4 is 5.32 Å². The number of rotatable bonds is 2. The molecule has 10 heteroatoms. The minimum Gasteiger partial charge on any atom is -0.480 e. The van der Waals surface area contributed by atoms with Crippen molar-refractivity contribution in [2.75, 3.05) is 31.6 Å². The molecule has 0 radical (unpaired) electrons. The second-order valence-corrected chi connectivity index (χ2v) is 7.47. The van der Waals surface area contributed by atoms with Gasteiger partial charge in [-0.2, -0.15) is 0 Å². The van der Waals surface area contributed by atoms with Crippen molar-refractivity contribution in [1.29, 1.82) is 0 Å². The maximum Gasteiger partial charge on any atom is 0.328 e. The summed E-state index contributed by atoms with van der Waals surface area (Å²) in [5, 5.41) is 11.5. The number of piperazine rings is 1. The van der Waals surface area contributed by atoms with E-state index in [2.05, 4.69) is 5.32 Å². The highest BCUT2D eigenvalue weighted by atomic mass is 32.2. The Morgan fingerprint density at radius 1 is 1.43 bits per heavy atom. The molecule has 2 fully saturated rings. The molecule has 2 aliphatic rings. The summed E-state index contributed by atoms with van der Waals surface area (Å²) >= 11 is 0. The molecule has 21 heavy (non-hydrogen) atoms. The van der Waals surface area contributed by atoms with E-state index in [9.17, 15) is 22.8 Å². The lowest BCUT2D eigenvalue weighted by Gasteiger charge is -2.37. The number of aliphatic carboxylic acids is 1. The number of urea groups is 1. The molecule has 2 rings (SSSR count). The van der Waals surface area contributed by atoms with Crippen molar-refractivity contribution in [1.82, 2.24) is 15.1 Å². The molecule has 0 aromatic carbocycles. The van der Waals surface area contributed by atoms with Gasteiger partial charge in [-0.1, -0.05) is 0 Å².